The van der Waals surface area contributed by atoms with Crippen LogP contribution in [0, 0.1) is 11.8 Å². The van der Waals surface area contributed by atoms with Gasteiger partial charge in [-0.05, 0) is 61.6 Å². The molecule has 2 aromatic rings. The lowest BCUT2D eigenvalue weighted by molar-refractivity contribution is 0.149. The molecule has 0 saturated heterocycles. The Kier molecular flexibility index (Phi) is 2.64. The Balaban J connectivity index is 1.53. The molecule has 4 aliphatic rings. The molecule has 4 bridgehead atoms. The molecule has 2 aliphatic carbocycles. The van der Waals surface area contributed by atoms with E-state index >= 15 is 0 Å². The minimum absolute atomic E-state index is 0.319. The predicted molar refractivity (Wildman–Crippen MR) is 82.8 cm³/mol. The maximum absolute atomic E-state index is 9.44. The van der Waals surface area contributed by atoms with Crippen molar-refractivity contribution in [2.45, 2.75) is 50.5 Å². The van der Waals surface area contributed by atoms with E-state index in [1.165, 1.54) is 43.5 Å². The highest BCUT2D eigenvalue weighted by Crippen LogP contribution is 2.53. The Labute approximate surface area is 130 Å². The van der Waals surface area contributed by atoms with Crippen molar-refractivity contribution in [2.75, 3.05) is 0 Å². The number of phenolic OH excluding ortho intramolecular Hbond substituents is 1. The number of hydrogen-bond donors (Lipinski definition) is 1. The van der Waals surface area contributed by atoms with Crippen molar-refractivity contribution >= 4 is 0 Å². The highest BCUT2D eigenvalue weighted by molar-refractivity contribution is 5.28. The summed E-state index contributed by atoms with van der Waals surface area (Å²) in [5.74, 6) is 5.14. The van der Waals surface area contributed by atoms with Crippen LogP contribution in [0.5, 0.6) is 5.75 Å². The lowest BCUT2D eigenvalue weighted by Crippen LogP contribution is -2.27. The zero-order chi connectivity index (χ0) is 14.7. The summed E-state index contributed by atoms with van der Waals surface area (Å²) < 4.78 is 2.48. The van der Waals surface area contributed by atoms with Gasteiger partial charge in [-0.25, -0.2) is 0 Å². The van der Waals surface area contributed by atoms with Crippen LogP contribution in [0.3, 0.4) is 0 Å². The number of aromatic nitrogens is 3. The van der Waals surface area contributed by atoms with Crippen LogP contribution in [0.1, 0.15) is 61.3 Å². The molecule has 1 N–H and O–H groups in total. The third-order valence-corrected chi connectivity index (χ3v) is 5.93. The monoisotopic (exact) mass is 295 g/mol. The normalized spacial score (nSPS) is 32.0. The second-order valence-corrected chi connectivity index (χ2v) is 7.45. The highest BCUT2D eigenvalue weighted by atomic mass is 16.3. The molecule has 2 fully saturated rings. The van der Waals surface area contributed by atoms with E-state index in [4.69, 9.17) is 0 Å². The fourth-order valence-corrected chi connectivity index (χ4v) is 5.17. The fourth-order valence-electron chi connectivity index (χ4n) is 5.17. The maximum atomic E-state index is 9.44. The Morgan fingerprint density at radius 1 is 0.955 bits per heavy atom. The van der Waals surface area contributed by atoms with Crippen molar-refractivity contribution in [3.8, 4) is 5.75 Å². The number of hydrogen-bond acceptors (Lipinski definition) is 3. The molecule has 4 heteroatoms. The van der Waals surface area contributed by atoms with Gasteiger partial charge in [0.1, 0.15) is 17.4 Å². The Hall–Kier alpha value is -1.84. The van der Waals surface area contributed by atoms with Gasteiger partial charge >= 0.3 is 0 Å². The molecule has 2 aliphatic heterocycles. The summed E-state index contributed by atoms with van der Waals surface area (Å²) in [6, 6.07) is 8.09. The first-order chi connectivity index (χ1) is 10.8. The predicted octanol–water partition coefficient (Wildman–Crippen LogP) is 3.42. The number of aromatic hydroxyl groups is 1. The molecule has 1 aromatic carbocycles. The zero-order valence-corrected chi connectivity index (χ0v) is 12.7. The van der Waals surface area contributed by atoms with Gasteiger partial charge in [-0.3, -0.25) is 0 Å². The largest absolute Gasteiger partial charge is 0.508 e. The third kappa shape index (κ3) is 1.89. The van der Waals surface area contributed by atoms with Crippen LogP contribution in [-0.4, -0.2) is 19.9 Å². The number of benzene rings is 1. The van der Waals surface area contributed by atoms with Crippen LogP contribution in [0.2, 0.25) is 0 Å². The van der Waals surface area contributed by atoms with E-state index in [9.17, 15) is 5.11 Å². The van der Waals surface area contributed by atoms with Crippen LogP contribution in [0.4, 0.5) is 0 Å². The van der Waals surface area contributed by atoms with Crippen LogP contribution in [0.25, 0.3) is 0 Å². The van der Waals surface area contributed by atoms with Gasteiger partial charge in [0.15, 0.2) is 0 Å². The van der Waals surface area contributed by atoms with Gasteiger partial charge in [0, 0.05) is 18.4 Å². The van der Waals surface area contributed by atoms with Crippen molar-refractivity contribution in [2.24, 2.45) is 11.8 Å². The first-order valence-corrected chi connectivity index (χ1v) is 8.48. The van der Waals surface area contributed by atoms with Crippen molar-refractivity contribution in [1.29, 1.82) is 0 Å². The molecule has 2 saturated carbocycles. The van der Waals surface area contributed by atoms with E-state index in [0.717, 1.165) is 24.1 Å². The second kappa shape index (κ2) is 4.58. The summed E-state index contributed by atoms with van der Waals surface area (Å²) in [6.07, 6.45) is 7.54. The fraction of sp³-hybridized carbons (Fsp3) is 0.556. The van der Waals surface area contributed by atoms with Crippen molar-refractivity contribution in [3.05, 3.63) is 41.5 Å². The molecule has 0 radical (unpaired) electrons. The number of phenols is 1. The van der Waals surface area contributed by atoms with Crippen molar-refractivity contribution < 1.29 is 5.11 Å². The summed E-state index contributed by atoms with van der Waals surface area (Å²) in [5, 5.41) is 18.6. The van der Waals surface area contributed by atoms with E-state index in [0.29, 0.717) is 17.7 Å². The SMILES string of the molecule is Oc1ccc(Cc2nnc3n2C2CC4CC(CC3C4)C2)cc1. The van der Waals surface area contributed by atoms with E-state index in [1.807, 2.05) is 12.1 Å². The average molecular weight is 295 g/mol. The van der Waals surface area contributed by atoms with Gasteiger partial charge in [0.2, 0.25) is 0 Å². The third-order valence-electron chi connectivity index (χ3n) is 5.93. The zero-order valence-electron chi connectivity index (χ0n) is 12.7. The first-order valence-electron chi connectivity index (χ1n) is 8.48. The summed E-state index contributed by atoms with van der Waals surface area (Å²) in [4.78, 5) is 0. The summed E-state index contributed by atoms with van der Waals surface area (Å²) in [7, 11) is 0. The van der Waals surface area contributed by atoms with E-state index in [2.05, 4.69) is 14.8 Å². The van der Waals surface area contributed by atoms with Crippen LogP contribution < -0.4 is 0 Å². The van der Waals surface area contributed by atoms with Crippen LogP contribution >= 0.6 is 0 Å². The minimum Gasteiger partial charge on any atom is -0.508 e. The molecule has 1 aromatic heterocycles. The molecule has 6 rings (SSSR count). The summed E-state index contributed by atoms with van der Waals surface area (Å²) >= 11 is 0. The van der Waals surface area contributed by atoms with Gasteiger partial charge in [-0.2, -0.15) is 0 Å². The quantitative estimate of drug-likeness (QED) is 0.923. The topological polar surface area (TPSA) is 50.9 Å². The molecular formula is C18H21N3O. The Bertz CT molecular complexity index is 692. The molecule has 4 nitrogen and oxygen atoms in total. The van der Waals surface area contributed by atoms with Crippen molar-refractivity contribution in [1.82, 2.24) is 14.8 Å². The lowest BCUT2D eigenvalue weighted by atomic mass is 9.68. The Morgan fingerprint density at radius 3 is 2.41 bits per heavy atom. The second-order valence-electron chi connectivity index (χ2n) is 7.45. The average Bonchev–Trinajstić information content (AvgIpc) is 2.84. The smallest absolute Gasteiger partial charge is 0.137 e. The van der Waals surface area contributed by atoms with Gasteiger partial charge in [0.25, 0.3) is 0 Å². The summed E-state index contributed by atoms with van der Waals surface area (Å²) in [5.41, 5.74) is 1.19. The number of nitrogens with zero attached hydrogens (tertiary/aromatic N) is 3. The molecule has 114 valence electrons. The van der Waals surface area contributed by atoms with E-state index in [-0.39, 0.29) is 0 Å². The lowest BCUT2D eigenvalue weighted by Gasteiger charge is -2.38. The van der Waals surface area contributed by atoms with Crippen molar-refractivity contribution in [3.63, 3.8) is 0 Å². The number of rotatable bonds is 2. The van der Waals surface area contributed by atoms with Gasteiger partial charge in [-0.1, -0.05) is 12.1 Å². The maximum Gasteiger partial charge on any atom is 0.137 e. The van der Waals surface area contributed by atoms with E-state index < -0.39 is 0 Å². The van der Waals surface area contributed by atoms with Gasteiger partial charge in [0.05, 0.1) is 0 Å². The van der Waals surface area contributed by atoms with E-state index in [1.54, 1.807) is 12.1 Å². The van der Waals surface area contributed by atoms with Gasteiger partial charge < -0.3 is 9.67 Å². The molecule has 2 unspecified atom stereocenters. The molecule has 0 spiro atoms. The van der Waals surface area contributed by atoms with Crippen LogP contribution in [-0.2, 0) is 6.42 Å². The standard InChI is InChI=1S/C18H21N3O/c22-16-3-1-11(2-4-16)10-17-19-20-18-14-6-12-5-13(7-14)9-15(8-12)21(17)18/h1-4,12-15,22H,5-10H2. The molecule has 3 heterocycles. The Morgan fingerprint density at radius 2 is 1.68 bits per heavy atom. The highest BCUT2D eigenvalue weighted by Gasteiger charge is 2.43. The molecule has 2 atom stereocenters. The molecular weight excluding hydrogens is 274 g/mol. The molecule has 22 heavy (non-hydrogen) atoms. The van der Waals surface area contributed by atoms with Gasteiger partial charge in [-0.15, -0.1) is 10.2 Å². The first kappa shape index (κ1) is 12.7. The van der Waals surface area contributed by atoms with Crippen LogP contribution in [0.15, 0.2) is 24.3 Å². The molecule has 0 amide bonds. The minimum atomic E-state index is 0.319. The summed E-state index contributed by atoms with van der Waals surface area (Å²) in [6.45, 7) is 0.